The van der Waals surface area contributed by atoms with Crippen molar-refractivity contribution in [3.8, 4) is 11.5 Å². The number of nitrogens with two attached hydrogens (primary N) is 1. The summed E-state index contributed by atoms with van der Waals surface area (Å²) in [5, 5.41) is 3.17. The van der Waals surface area contributed by atoms with E-state index < -0.39 is 5.54 Å². The first kappa shape index (κ1) is 14.9. The topological polar surface area (TPSA) is 73.6 Å². The molecule has 6 heteroatoms. The summed E-state index contributed by atoms with van der Waals surface area (Å²) in [7, 11) is 0. The van der Waals surface area contributed by atoms with Crippen LogP contribution in [-0.2, 0) is 4.79 Å². The lowest BCUT2D eigenvalue weighted by molar-refractivity contribution is -0.121. The van der Waals surface area contributed by atoms with E-state index in [4.69, 9.17) is 26.8 Å². The third kappa shape index (κ3) is 2.83. The smallest absolute Gasteiger partial charge is 0.244 e. The van der Waals surface area contributed by atoms with Gasteiger partial charge in [0.25, 0.3) is 0 Å². The van der Waals surface area contributed by atoms with E-state index in [-0.39, 0.29) is 5.91 Å². The third-order valence-electron chi connectivity index (χ3n) is 3.59. The molecule has 3 N–H and O–H groups in total. The summed E-state index contributed by atoms with van der Waals surface area (Å²) in [4.78, 5) is 12.2. The van der Waals surface area contributed by atoms with Crippen LogP contribution in [0.2, 0.25) is 5.02 Å². The Morgan fingerprint density at radius 2 is 1.85 bits per heavy atom. The first-order valence-electron chi connectivity index (χ1n) is 6.69. The summed E-state index contributed by atoms with van der Waals surface area (Å²) in [6, 6.07) is 3.31. The van der Waals surface area contributed by atoms with Crippen LogP contribution in [0.3, 0.4) is 0 Å². The average Bonchev–Trinajstić information content (AvgIpc) is 2.47. The molecule has 0 fully saturated rings. The highest BCUT2D eigenvalue weighted by atomic mass is 35.5. The molecule has 0 radical (unpaired) electrons. The maximum absolute atomic E-state index is 12.2. The van der Waals surface area contributed by atoms with E-state index in [0.29, 0.717) is 48.3 Å². The van der Waals surface area contributed by atoms with Gasteiger partial charge in [0.15, 0.2) is 11.5 Å². The monoisotopic (exact) mass is 298 g/mol. The molecule has 1 amide bonds. The Morgan fingerprint density at radius 3 is 2.40 bits per heavy atom. The van der Waals surface area contributed by atoms with Gasteiger partial charge in [-0.2, -0.15) is 0 Å². The van der Waals surface area contributed by atoms with Crippen molar-refractivity contribution in [2.24, 2.45) is 5.73 Å². The van der Waals surface area contributed by atoms with Crippen LogP contribution in [0.15, 0.2) is 12.1 Å². The second-order valence-electron chi connectivity index (χ2n) is 4.79. The zero-order chi connectivity index (χ0) is 14.8. The average molecular weight is 299 g/mol. The minimum absolute atomic E-state index is 0.249. The van der Waals surface area contributed by atoms with E-state index in [1.807, 2.05) is 13.8 Å². The molecule has 0 aliphatic carbocycles. The van der Waals surface area contributed by atoms with Crippen molar-refractivity contribution in [1.29, 1.82) is 0 Å². The Hall–Kier alpha value is -1.46. The standard InChI is InChI=1S/C14H19ClN2O3/c1-3-14(16,4-2)13(18)17-10-8-12-11(7-9(10)15)19-5-6-20-12/h7-8H,3-6,16H2,1-2H3,(H,17,18). The lowest BCUT2D eigenvalue weighted by Crippen LogP contribution is -2.50. The molecule has 110 valence electrons. The van der Waals surface area contributed by atoms with Gasteiger partial charge in [-0.3, -0.25) is 4.79 Å². The second kappa shape index (κ2) is 5.89. The van der Waals surface area contributed by atoms with E-state index in [0.717, 1.165) is 0 Å². The molecule has 5 nitrogen and oxygen atoms in total. The minimum atomic E-state index is -0.892. The van der Waals surface area contributed by atoms with Crippen LogP contribution in [0.25, 0.3) is 0 Å². The lowest BCUT2D eigenvalue weighted by atomic mass is 9.93. The van der Waals surface area contributed by atoms with Crippen molar-refractivity contribution >= 4 is 23.2 Å². The summed E-state index contributed by atoms with van der Waals surface area (Å²) in [6.45, 7) is 4.74. The summed E-state index contributed by atoms with van der Waals surface area (Å²) in [5.41, 5.74) is 5.66. The lowest BCUT2D eigenvalue weighted by Gasteiger charge is -2.26. The van der Waals surface area contributed by atoms with Gasteiger partial charge in [0.1, 0.15) is 13.2 Å². The van der Waals surface area contributed by atoms with Crippen LogP contribution in [-0.4, -0.2) is 24.7 Å². The Balaban J connectivity index is 2.23. The fourth-order valence-corrected chi connectivity index (χ4v) is 2.18. The number of ether oxygens (including phenoxy) is 2. The van der Waals surface area contributed by atoms with Gasteiger partial charge in [-0.15, -0.1) is 0 Å². The SMILES string of the molecule is CCC(N)(CC)C(=O)Nc1cc2c(cc1Cl)OCCO2. The van der Waals surface area contributed by atoms with E-state index in [2.05, 4.69) is 5.32 Å². The molecule has 0 saturated heterocycles. The molecule has 1 aromatic rings. The van der Waals surface area contributed by atoms with Gasteiger partial charge < -0.3 is 20.5 Å². The third-order valence-corrected chi connectivity index (χ3v) is 3.91. The van der Waals surface area contributed by atoms with Gasteiger partial charge in [-0.25, -0.2) is 0 Å². The zero-order valence-corrected chi connectivity index (χ0v) is 12.4. The van der Waals surface area contributed by atoms with E-state index in [9.17, 15) is 4.79 Å². The minimum Gasteiger partial charge on any atom is -0.486 e. The van der Waals surface area contributed by atoms with Crippen LogP contribution in [0.1, 0.15) is 26.7 Å². The van der Waals surface area contributed by atoms with Gasteiger partial charge in [0.2, 0.25) is 5.91 Å². The molecular formula is C14H19ClN2O3. The van der Waals surface area contributed by atoms with E-state index in [1.54, 1.807) is 12.1 Å². The highest BCUT2D eigenvalue weighted by molar-refractivity contribution is 6.34. The summed E-state index contributed by atoms with van der Waals surface area (Å²) < 4.78 is 10.9. The number of hydrogen-bond donors (Lipinski definition) is 2. The number of rotatable bonds is 4. The largest absolute Gasteiger partial charge is 0.486 e. The molecule has 1 heterocycles. The zero-order valence-electron chi connectivity index (χ0n) is 11.7. The van der Waals surface area contributed by atoms with Crippen LogP contribution in [0.5, 0.6) is 11.5 Å². The van der Waals surface area contributed by atoms with Crippen LogP contribution >= 0.6 is 11.6 Å². The molecule has 0 saturated carbocycles. The number of halogens is 1. The number of benzene rings is 1. The number of carbonyl (C=O) groups excluding carboxylic acids is 1. The number of hydrogen-bond acceptors (Lipinski definition) is 4. The summed E-state index contributed by atoms with van der Waals surface area (Å²) in [6.07, 6.45) is 1.11. The second-order valence-corrected chi connectivity index (χ2v) is 5.20. The molecule has 1 aromatic carbocycles. The predicted octanol–water partition coefficient (Wildman–Crippen LogP) is 2.57. The van der Waals surface area contributed by atoms with Gasteiger partial charge in [-0.1, -0.05) is 25.4 Å². The number of anilines is 1. The highest BCUT2D eigenvalue weighted by Crippen LogP contribution is 2.38. The number of nitrogens with one attached hydrogen (secondary N) is 1. The molecular weight excluding hydrogens is 280 g/mol. The number of fused-ring (bicyclic) bond motifs is 1. The van der Waals surface area contributed by atoms with Crippen LogP contribution in [0, 0.1) is 0 Å². The van der Waals surface area contributed by atoms with Crippen molar-refractivity contribution in [1.82, 2.24) is 0 Å². The van der Waals surface area contributed by atoms with Gasteiger partial charge >= 0.3 is 0 Å². The van der Waals surface area contributed by atoms with Gasteiger partial charge in [-0.05, 0) is 12.8 Å². The quantitative estimate of drug-likeness (QED) is 0.896. The Bertz CT molecular complexity index is 515. The van der Waals surface area contributed by atoms with Gasteiger partial charge in [0, 0.05) is 12.1 Å². The molecule has 0 aromatic heterocycles. The molecule has 1 aliphatic heterocycles. The molecule has 0 spiro atoms. The fraction of sp³-hybridized carbons (Fsp3) is 0.500. The molecule has 20 heavy (non-hydrogen) atoms. The van der Waals surface area contributed by atoms with E-state index in [1.165, 1.54) is 0 Å². The van der Waals surface area contributed by atoms with Crippen molar-refractivity contribution in [2.75, 3.05) is 18.5 Å². The molecule has 2 rings (SSSR count). The maximum atomic E-state index is 12.2. The normalized spacial score (nSPS) is 14.0. The molecule has 0 atom stereocenters. The highest BCUT2D eigenvalue weighted by Gasteiger charge is 2.30. The van der Waals surface area contributed by atoms with Crippen molar-refractivity contribution in [3.63, 3.8) is 0 Å². The van der Waals surface area contributed by atoms with E-state index >= 15 is 0 Å². The summed E-state index contributed by atoms with van der Waals surface area (Å²) in [5.74, 6) is 0.914. The number of carbonyl (C=O) groups is 1. The Labute approximate surface area is 123 Å². The predicted molar refractivity (Wildman–Crippen MR) is 78.6 cm³/mol. The van der Waals surface area contributed by atoms with Gasteiger partial charge in [0.05, 0.1) is 16.2 Å². The summed E-state index contributed by atoms with van der Waals surface area (Å²) >= 11 is 6.15. The first-order valence-corrected chi connectivity index (χ1v) is 7.07. The molecule has 0 bridgehead atoms. The first-order chi connectivity index (χ1) is 9.50. The maximum Gasteiger partial charge on any atom is 0.244 e. The van der Waals surface area contributed by atoms with Crippen LogP contribution in [0.4, 0.5) is 5.69 Å². The van der Waals surface area contributed by atoms with Crippen molar-refractivity contribution < 1.29 is 14.3 Å². The Morgan fingerprint density at radius 1 is 1.30 bits per heavy atom. The number of amides is 1. The molecule has 1 aliphatic rings. The van der Waals surface area contributed by atoms with Crippen molar-refractivity contribution in [2.45, 2.75) is 32.2 Å². The molecule has 0 unspecified atom stereocenters. The van der Waals surface area contributed by atoms with Crippen LogP contribution < -0.4 is 20.5 Å². The Kier molecular flexibility index (Phi) is 4.40. The fourth-order valence-electron chi connectivity index (χ4n) is 1.98. The van der Waals surface area contributed by atoms with Crippen molar-refractivity contribution in [3.05, 3.63) is 17.2 Å².